The number of ether oxygens (including phenoxy) is 2. The molecule has 0 aliphatic carbocycles. The van der Waals surface area contributed by atoms with Gasteiger partial charge >= 0.3 is 0 Å². The number of rotatable bonds is 50. The first-order valence-corrected chi connectivity index (χ1v) is 29.4. The van der Waals surface area contributed by atoms with E-state index in [-0.39, 0.29) is 12.5 Å². The number of unbranched alkanes of at least 4 members (excludes halogenated alkanes) is 34. The van der Waals surface area contributed by atoms with Crippen LogP contribution < -0.4 is 5.32 Å². The fraction of sp³-hybridized carbons (Fsp3) is 0.850. The summed E-state index contributed by atoms with van der Waals surface area (Å²) in [5.74, 6) is -0.178. The molecule has 0 aromatic carbocycles. The molecule has 7 atom stereocenters. The predicted molar refractivity (Wildman–Crippen MR) is 290 cm³/mol. The summed E-state index contributed by atoms with van der Waals surface area (Å²) < 4.78 is 11.2. The molecule has 1 saturated heterocycles. The number of carbonyl (C=O) groups excluding carboxylic acids is 1. The number of hydrogen-bond donors (Lipinski definition) is 6. The zero-order chi connectivity index (χ0) is 50.1. The van der Waals surface area contributed by atoms with Gasteiger partial charge in [0.2, 0.25) is 5.91 Å². The van der Waals surface area contributed by atoms with E-state index in [1.807, 2.05) is 6.08 Å². The normalized spacial score (nSPS) is 19.8. The molecule has 6 N–H and O–H groups in total. The van der Waals surface area contributed by atoms with Gasteiger partial charge in [0.25, 0.3) is 0 Å². The van der Waals surface area contributed by atoms with Crippen molar-refractivity contribution in [3.05, 3.63) is 48.6 Å². The topological polar surface area (TPSA) is 149 Å². The van der Waals surface area contributed by atoms with Gasteiger partial charge in [-0.3, -0.25) is 4.79 Å². The maximum atomic E-state index is 12.9. The molecule has 1 fully saturated rings. The van der Waals surface area contributed by atoms with E-state index in [0.29, 0.717) is 6.42 Å². The van der Waals surface area contributed by atoms with Crippen molar-refractivity contribution in [3.8, 4) is 0 Å². The third-order valence-corrected chi connectivity index (χ3v) is 13.9. The number of carbonyl (C=O) groups is 1. The maximum absolute atomic E-state index is 12.9. The van der Waals surface area contributed by atoms with Crippen LogP contribution in [0.15, 0.2) is 48.6 Å². The zero-order valence-corrected chi connectivity index (χ0v) is 44.8. The van der Waals surface area contributed by atoms with Gasteiger partial charge in [-0.15, -0.1) is 0 Å². The Morgan fingerprint density at radius 1 is 0.493 bits per heavy atom. The van der Waals surface area contributed by atoms with Crippen LogP contribution in [0.3, 0.4) is 0 Å². The Morgan fingerprint density at radius 2 is 0.855 bits per heavy atom. The van der Waals surface area contributed by atoms with E-state index in [9.17, 15) is 30.3 Å². The van der Waals surface area contributed by atoms with Gasteiger partial charge in [-0.25, -0.2) is 0 Å². The first-order valence-electron chi connectivity index (χ1n) is 29.4. The molecule has 1 aliphatic heterocycles. The Hall–Kier alpha value is -1.85. The highest BCUT2D eigenvalue weighted by Crippen LogP contribution is 2.23. The lowest BCUT2D eigenvalue weighted by atomic mass is 9.99. The molecule has 0 bridgehead atoms. The molecule has 1 aliphatic rings. The molecule has 9 heteroatoms. The van der Waals surface area contributed by atoms with E-state index in [0.717, 1.165) is 51.4 Å². The summed E-state index contributed by atoms with van der Waals surface area (Å²) in [6.07, 6.45) is 59.6. The minimum Gasteiger partial charge on any atom is -0.394 e. The van der Waals surface area contributed by atoms with Gasteiger partial charge in [0.05, 0.1) is 25.4 Å². The van der Waals surface area contributed by atoms with Crippen molar-refractivity contribution in [1.82, 2.24) is 5.32 Å². The second-order valence-electron chi connectivity index (χ2n) is 20.4. The molecule has 9 nitrogen and oxygen atoms in total. The lowest BCUT2D eigenvalue weighted by Crippen LogP contribution is -2.60. The maximum Gasteiger partial charge on any atom is 0.220 e. The average molecular weight is 975 g/mol. The molecule has 1 rings (SSSR count). The summed E-state index contributed by atoms with van der Waals surface area (Å²) in [5.41, 5.74) is 0. The molecule has 1 heterocycles. The Balaban J connectivity index is 1.97. The van der Waals surface area contributed by atoms with Crippen molar-refractivity contribution >= 4 is 5.91 Å². The van der Waals surface area contributed by atoms with Gasteiger partial charge in [-0.2, -0.15) is 0 Å². The summed E-state index contributed by atoms with van der Waals surface area (Å²) in [5, 5.41) is 54.0. The molecule has 1 amide bonds. The van der Waals surface area contributed by atoms with Gasteiger partial charge in [0.1, 0.15) is 24.4 Å². The molecule has 0 aromatic heterocycles. The van der Waals surface area contributed by atoms with Gasteiger partial charge in [-0.05, 0) is 57.8 Å². The van der Waals surface area contributed by atoms with E-state index in [1.165, 1.54) is 199 Å². The van der Waals surface area contributed by atoms with Crippen molar-refractivity contribution in [2.45, 2.75) is 314 Å². The summed E-state index contributed by atoms with van der Waals surface area (Å²) in [7, 11) is 0. The van der Waals surface area contributed by atoms with Gasteiger partial charge in [-0.1, -0.05) is 255 Å². The number of aliphatic hydroxyl groups is 5. The van der Waals surface area contributed by atoms with Crippen LogP contribution in [0.4, 0.5) is 0 Å². The molecule has 404 valence electrons. The fourth-order valence-electron chi connectivity index (χ4n) is 9.22. The number of allylic oxidation sites excluding steroid dienone is 7. The zero-order valence-electron chi connectivity index (χ0n) is 44.8. The Morgan fingerprint density at radius 3 is 1.26 bits per heavy atom. The van der Waals surface area contributed by atoms with E-state index in [1.54, 1.807) is 6.08 Å². The Labute approximate surface area is 424 Å². The van der Waals surface area contributed by atoms with Crippen molar-refractivity contribution in [2.75, 3.05) is 13.2 Å². The van der Waals surface area contributed by atoms with E-state index in [2.05, 4.69) is 55.6 Å². The van der Waals surface area contributed by atoms with Crippen LogP contribution in [0, 0.1) is 0 Å². The molecular formula is C60H111NO8. The van der Waals surface area contributed by atoms with Crippen molar-refractivity contribution in [3.63, 3.8) is 0 Å². The molecule has 0 aromatic rings. The Kier molecular flexibility index (Phi) is 47.0. The van der Waals surface area contributed by atoms with Crippen LogP contribution in [-0.2, 0) is 14.3 Å². The third kappa shape index (κ3) is 39.4. The number of aliphatic hydroxyl groups excluding tert-OH is 5. The standard InChI is InChI=1S/C60H111NO8/c1-3-5-7-9-11-12-13-14-15-16-17-18-19-20-21-22-23-24-25-26-27-28-29-30-31-32-33-34-35-36-37-38-39-40-41-42-44-46-48-50-56(64)61-53(54(63)49-47-45-43-10-8-6-4-2)52-68-60-59(67)58(66)57(65)55(51-62)69-60/h13-14,16-17,19-20,47,49,53-55,57-60,62-63,65-67H,3-12,15,18,21-46,48,50-52H2,1-2H3,(H,61,64)/b14-13-,17-16-,20-19-,49-47+. The summed E-state index contributed by atoms with van der Waals surface area (Å²) >= 11 is 0. The largest absolute Gasteiger partial charge is 0.394 e. The number of nitrogens with one attached hydrogen (secondary N) is 1. The van der Waals surface area contributed by atoms with Crippen LogP contribution in [0.2, 0.25) is 0 Å². The molecule has 7 unspecified atom stereocenters. The smallest absolute Gasteiger partial charge is 0.220 e. The monoisotopic (exact) mass is 974 g/mol. The summed E-state index contributed by atoms with van der Waals surface area (Å²) in [4.78, 5) is 12.9. The highest BCUT2D eigenvalue weighted by atomic mass is 16.7. The van der Waals surface area contributed by atoms with Crippen LogP contribution in [0.1, 0.15) is 271 Å². The summed E-state index contributed by atoms with van der Waals surface area (Å²) in [6.45, 7) is 3.71. The molecular weight excluding hydrogens is 863 g/mol. The van der Waals surface area contributed by atoms with Crippen molar-refractivity contribution in [2.24, 2.45) is 0 Å². The van der Waals surface area contributed by atoms with E-state index >= 15 is 0 Å². The predicted octanol–water partition coefficient (Wildman–Crippen LogP) is 14.5. The molecule has 0 radical (unpaired) electrons. The van der Waals surface area contributed by atoms with Crippen LogP contribution in [0.25, 0.3) is 0 Å². The second-order valence-corrected chi connectivity index (χ2v) is 20.4. The third-order valence-electron chi connectivity index (χ3n) is 13.9. The SMILES string of the molecule is CCCCCCC/C=C\C/C=C\C/C=C\CCCCCCCCCCCCCCCCCCCCCCCCCCC(=O)NC(COC1OC(CO)C(O)C(O)C1O)C(O)/C=C/CCCCCCC. The highest BCUT2D eigenvalue weighted by Gasteiger charge is 2.44. The highest BCUT2D eigenvalue weighted by molar-refractivity contribution is 5.76. The first-order chi connectivity index (χ1) is 33.8. The minimum atomic E-state index is -1.56. The van der Waals surface area contributed by atoms with E-state index in [4.69, 9.17) is 9.47 Å². The van der Waals surface area contributed by atoms with Gasteiger partial charge < -0.3 is 40.3 Å². The van der Waals surface area contributed by atoms with E-state index < -0.39 is 49.5 Å². The number of hydrogen-bond acceptors (Lipinski definition) is 8. The van der Waals surface area contributed by atoms with Crippen molar-refractivity contribution < 1.29 is 39.8 Å². The second kappa shape index (κ2) is 49.7. The molecule has 69 heavy (non-hydrogen) atoms. The van der Waals surface area contributed by atoms with Crippen LogP contribution in [-0.4, -0.2) is 87.5 Å². The quantitative estimate of drug-likeness (QED) is 0.0261. The van der Waals surface area contributed by atoms with Crippen LogP contribution >= 0.6 is 0 Å². The van der Waals surface area contributed by atoms with Gasteiger partial charge in [0, 0.05) is 6.42 Å². The van der Waals surface area contributed by atoms with Gasteiger partial charge in [0.15, 0.2) is 6.29 Å². The fourth-order valence-corrected chi connectivity index (χ4v) is 9.22. The lowest BCUT2D eigenvalue weighted by Gasteiger charge is -2.40. The van der Waals surface area contributed by atoms with Crippen molar-refractivity contribution in [1.29, 1.82) is 0 Å². The summed E-state index contributed by atoms with van der Waals surface area (Å²) in [6, 6.07) is -0.800. The lowest BCUT2D eigenvalue weighted by molar-refractivity contribution is -0.302. The molecule has 0 spiro atoms. The minimum absolute atomic E-state index is 0.178. The first kappa shape index (κ1) is 65.2. The average Bonchev–Trinajstić information content (AvgIpc) is 3.35. The Bertz CT molecular complexity index is 1220. The van der Waals surface area contributed by atoms with Crippen LogP contribution in [0.5, 0.6) is 0 Å². The molecule has 0 saturated carbocycles. The number of amides is 1.